The summed E-state index contributed by atoms with van der Waals surface area (Å²) in [5.41, 5.74) is 0. The van der Waals surface area contributed by atoms with Gasteiger partial charge in [-0.1, -0.05) is 32.6 Å². The van der Waals surface area contributed by atoms with Gasteiger partial charge in [0.25, 0.3) is 0 Å². The highest BCUT2D eigenvalue weighted by molar-refractivity contribution is 5.82. The summed E-state index contributed by atoms with van der Waals surface area (Å²) in [5.74, 6) is -1.71. The largest absolute Gasteiger partial charge is 0.459 e. The molecule has 0 amide bonds. The second-order valence-corrected chi connectivity index (χ2v) is 9.76. The quantitative estimate of drug-likeness (QED) is 0.465. The standard InChI is InChI=1S/C24H40O6/c1-6-7-9-12-17-13-10-8-11-14-18-21(29-23(2,3)27-18)22-19(15-16-20(25)26-17)28-24(4,5)30-22/h15-19,21-22H,6-14H2,1-5H3/b16-15-/t17-,18-,19-,21+,22-/m1/s1. The summed E-state index contributed by atoms with van der Waals surface area (Å²) in [6.07, 6.45) is 11.6. The molecule has 0 saturated carbocycles. The molecule has 0 N–H and O–H groups in total. The molecule has 3 rings (SSSR count). The van der Waals surface area contributed by atoms with Crippen LogP contribution in [0.25, 0.3) is 0 Å². The molecule has 3 aliphatic rings. The Morgan fingerprint density at radius 3 is 2.37 bits per heavy atom. The van der Waals surface area contributed by atoms with Crippen molar-refractivity contribution in [1.29, 1.82) is 0 Å². The lowest BCUT2D eigenvalue weighted by Gasteiger charge is -2.25. The highest BCUT2D eigenvalue weighted by atomic mass is 16.8. The van der Waals surface area contributed by atoms with Crippen molar-refractivity contribution in [2.75, 3.05) is 0 Å². The Kier molecular flexibility index (Phi) is 7.99. The molecule has 0 aromatic carbocycles. The molecule has 0 radical (unpaired) electrons. The summed E-state index contributed by atoms with van der Waals surface area (Å²) in [4.78, 5) is 12.5. The molecule has 5 atom stereocenters. The minimum absolute atomic E-state index is 0.0117. The highest BCUT2D eigenvalue weighted by Crippen LogP contribution is 2.40. The van der Waals surface area contributed by atoms with Crippen molar-refractivity contribution in [3.8, 4) is 0 Å². The molecule has 0 aliphatic carbocycles. The number of ether oxygens (including phenoxy) is 5. The minimum atomic E-state index is -0.749. The summed E-state index contributed by atoms with van der Waals surface area (Å²) < 4.78 is 30.6. The van der Waals surface area contributed by atoms with E-state index < -0.39 is 11.6 Å². The Morgan fingerprint density at radius 1 is 0.900 bits per heavy atom. The smallest absolute Gasteiger partial charge is 0.330 e. The second-order valence-electron chi connectivity index (χ2n) is 9.76. The molecule has 0 unspecified atom stereocenters. The lowest BCUT2D eigenvalue weighted by Crippen LogP contribution is -2.41. The van der Waals surface area contributed by atoms with Gasteiger partial charge in [0.05, 0.1) is 6.10 Å². The van der Waals surface area contributed by atoms with Gasteiger partial charge >= 0.3 is 5.97 Å². The molecular weight excluding hydrogens is 384 g/mol. The van der Waals surface area contributed by atoms with Crippen LogP contribution in [0.3, 0.4) is 0 Å². The molecule has 0 aromatic heterocycles. The second kappa shape index (κ2) is 10.1. The van der Waals surface area contributed by atoms with Gasteiger partial charge in [0.2, 0.25) is 0 Å². The van der Waals surface area contributed by atoms with Crippen molar-refractivity contribution in [3.63, 3.8) is 0 Å². The number of hydrogen-bond acceptors (Lipinski definition) is 6. The molecule has 6 heteroatoms. The zero-order chi connectivity index (χ0) is 21.8. The first-order valence-corrected chi connectivity index (χ1v) is 11.8. The molecule has 172 valence electrons. The number of fused-ring (bicyclic) bond motifs is 3. The van der Waals surface area contributed by atoms with Crippen molar-refractivity contribution in [2.45, 2.75) is 135 Å². The van der Waals surface area contributed by atoms with Crippen LogP contribution in [-0.2, 0) is 28.5 Å². The van der Waals surface area contributed by atoms with Gasteiger partial charge in [-0.2, -0.15) is 0 Å². The van der Waals surface area contributed by atoms with Crippen molar-refractivity contribution in [3.05, 3.63) is 12.2 Å². The maximum atomic E-state index is 12.5. The van der Waals surface area contributed by atoms with Crippen LogP contribution >= 0.6 is 0 Å². The maximum absolute atomic E-state index is 12.5. The topological polar surface area (TPSA) is 63.2 Å². The summed E-state index contributed by atoms with van der Waals surface area (Å²) in [5, 5.41) is 0. The predicted molar refractivity (Wildman–Crippen MR) is 114 cm³/mol. The first-order valence-electron chi connectivity index (χ1n) is 11.8. The number of carbonyl (C=O) groups is 1. The van der Waals surface area contributed by atoms with E-state index in [0.717, 1.165) is 51.4 Å². The number of carbonyl (C=O) groups excluding carboxylic acids is 1. The minimum Gasteiger partial charge on any atom is -0.459 e. The summed E-state index contributed by atoms with van der Waals surface area (Å²) in [6, 6.07) is 0. The van der Waals surface area contributed by atoms with Crippen molar-refractivity contribution < 1.29 is 28.5 Å². The lowest BCUT2D eigenvalue weighted by atomic mass is 9.97. The molecule has 6 nitrogen and oxygen atoms in total. The summed E-state index contributed by atoms with van der Waals surface area (Å²) >= 11 is 0. The Balaban J connectivity index is 1.76. The molecule has 2 saturated heterocycles. The number of esters is 1. The normalized spacial score (nSPS) is 37.6. The molecule has 0 spiro atoms. The fourth-order valence-electron chi connectivity index (χ4n) is 4.74. The fraction of sp³-hybridized carbons (Fsp3) is 0.875. The van der Waals surface area contributed by atoms with Crippen LogP contribution in [0.1, 0.15) is 92.4 Å². The maximum Gasteiger partial charge on any atom is 0.330 e. The van der Waals surface area contributed by atoms with E-state index in [1.807, 2.05) is 27.7 Å². The SMILES string of the molecule is CCCCC[C@@H]1CCCCC[C@H]2OC(C)(C)O[C@@H]2[C@@H]2OC(C)(C)O[C@@H]2/C=C\C(=O)O1. The average molecular weight is 425 g/mol. The van der Waals surface area contributed by atoms with Crippen LogP contribution in [0.4, 0.5) is 0 Å². The van der Waals surface area contributed by atoms with Crippen LogP contribution in [0.15, 0.2) is 12.2 Å². The first-order chi connectivity index (χ1) is 14.2. The molecule has 0 aromatic rings. The van der Waals surface area contributed by atoms with Crippen molar-refractivity contribution in [1.82, 2.24) is 0 Å². The van der Waals surface area contributed by atoms with Gasteiger partial charge in [-0.15, -0.1) is 0 Å². The van der Waals surface area contributed by atoms with E-state index in [0.29, 0.717) is 0 Å². The highest BCUT2D eigenvalue weighted by Gasteiger charge is 2.52. The van der Waals surface area contributed by atoms with Crippen LogP contribution in [-0.4, -0.2) is 48.1 Å². The number of hydrogen-bond donors (Lipinski definition) is 0. The third-order valence-corrected chi connectivity index (χ3v) is 6.06. The van der Waals surface area contributed by atoms with E-state index >= 15 is 0 Å². The van der Waals surface area contributed by atoms with E-state index in [4.69, 9.17) is 23.7 Å². The molecule has 2 fully saturated rings. The Bertz CT molecular complexity index is 599. The van der Waals surface area contributed by atoms with Gasteiger partial charge in [-0.05, 0) is 65.9 Å². The average Bonchev–Trinajstić information content (AvgIpc) is 3.13. The van der Waals surface area contributed by atoms with Gasteiger partial charge in [0.1, 0.15) is 24.4 Å². The van der Waals surface area contributed by atoms with Crippen molar-refractivity contribution >= 4 is 5.97 Å². The van der Waals surface area contributed by atoms with Gasteiger partial charge in [-0.25, -0.2) is 4.79 Å². The zero-order valence-corrected chi connectivity index (χ0v) is 19.4. The molecular formula is C24H40O6. The lowest BCUT2D eigenvalue weighted by molar-refractivity contribution is -0.175. The van der Waals surface area contributed by atoms with Crippen LogP contribution in [0.2, 0.25) is 0 Å². The van der Waals surface area contributed by atoms with Crippen LogP contribution in [0.5, 0.6) is 0 Å². The Morgan fingerprint density at radius 2 is 1.60 bits per heavy atom. The van der Waals surface area contributed by atoms with Gasteiger partial charge in [0.15, 0.2) is 11.6 Å². The van der Waals surface area contributed by atoms with E-state index in [9.17, 15) is 4.79 Å². The summed E-state index contributed by atoms with van der Waals surface area (Å²) in [7, 11) is 0. The third-order valence-electron chi connectivity index (χ3n) is 6.06. The zero-order valence-electron chi connectivity index (χ0n) is 19.4. The number of cyclic esters (lactones) is 1. The van der Waals surface area contributed by atoms with Crippen LogP contribution < -0.4 is 0 Å². The third kappa shape index (κ3) is 6.52. The number of unbranched alkanes of at least 4 members (excludes halogenated alkanes) is 2. The molecule has 3 heterocycles. The van der Waals surface area contributed by atoms with E-state index in [2.05, 4.69) is 6.92 Å². The molecule has 3 aliphatic heterocycles. The van der Waals surface area contributed by atoms with E-state index in [1.165, 1.54) is 12.5 Å². The Hall–Kier alpha value is -0.950. The molecule has 30 heavy (non-hydrogen) atoms. The monoisotopic (exact) mass is 424 g/mol. The summed E-state index contributed by atoms with van der Waals surface area (Å²) in [6.45, 7) is 9.85. The molecule has 0 bridgehead atoms. The van der Waals surface area contributed by atoms with Crippen LogP contribution in [0, 0.1) is 0 Å². The van der Waals surface area contributed by atoms with E-state index in [-0.39, 0.29) is 36.5 Å². The van der Waals surface area contributed by atoms with Crippen molar-refractivity contribution in [2.24, 2.45) is 0 Å². The van der Waals surface area contributed by atoms with Gasteiger partial charge in [0, 0.05) is 6.08 Å². The van der Waals surface area contributed by atoms with Gasteiger partial charge in [-0.3, -0.25) is 0 Å². The first kappa shape index (κ1) is 23.7. The van der Waals surface area contributed by atoms with E-state index in [1.54, 1.807) is 6.08 Å². The predicted octanol–water partition coefficient (Wildman–Crippen LogP) is 5.04. The number of rotatable bonds is 4. The van der Waals surface area contributed by atoms with Gasteiger partial charge < -0.3 is 23.7 Å². The fourth-order valence-corrected chi connectivity index (χ4v) is 4.74. The Labute approximate surface area is 181 Å².